The number of benzene rings is 1. The maximum absolute atomic E-state index is 12.3. The molecule has 1 aromatic rings. The lowest BCUT2D eigenvalue weighted by Crippen LogP contribution is -2.28. The summed E-state index contributed by atoms with van der Waals surface area (Å²) in [5, 5.41) is 21.9. The average Bonchev–Trinajstić information content (AvgIpc) is 3.25. The molecule has 0 radical (unpaired) electrons. The molecule has 0 amide bonds. The Labute approximate surface area is 202 Å². The molecule has 188 valence electrons. The number of esters is 1. The minimum Gasteiger partial charge on any atom is -0.482 e. The van der Waals surface area contributed by atoms with Crippen molar-refractivity contribution in [2.75, 3.05) is 20.3 Å². The second kappa shape index (κ2) is 11.5. The topological polar surface area (TPSA) is 105 Å². The van der Waals surface area contributed by atoms with E-state index in [1.54, 1.807) is 7.05 Å². The minimum atomic E-state index is -0.720. The monoisotopic (exact) mass is 473 g/mol. The van der Waals surface area contributed by atoms with Crippen LogP contribution in [-0.4, -0.2) is 48.6 Å². The quantitative estimate of drug-likeness (QED) is 0.352. The van der Waals surface area contributed by atoms with E-state index in [0.29, 0.717) is 37.2 Å². The van der Waals surface area contributed by atoms with Crippen LogP contribution in [0.1, 0.15) is 62.5 Å². The largest absolute Gasteiger partial charge is 0.482 e. The molecule has 2 saturated carbocycles. The van der Waals surface area contributed by atoms with Gasteiger partial charge in [-0.2, -0.15) is 0 Å². The van der Waals surface area contributed by atoms with E-state index >= 15 is 0 Å². The summed E-state index contributed by atoms with van der Waals surface area (Å²) in [6, 6.07) is 6.15. The van der Waals surface area contributed by atoms with Crippen LogP contribution in [-0.2, 0) is 27.2 Å². The van der Waals surface area contributed by atoms with E-state index in [9.17, 15) is 14.7 Å². The summed E-state index contributed by atoms with van der Waals surface area (Å²) in [5.41, 5.74) is 2.56. The van der Waals surface area contributed by atoms with Crippen LogP contribution < -0.4 is 10.1 Å². The van der Waals surface area contributed by atoms with Crippen LogP contribution in [0, 0.1) is 29.6 Å². The molecule has 2 fully saturated rings. The van der Waals surface area contributed by atoms with Gasteiger partial charge in [0.05, 0.1) is 12.5 Å². The smallest absolute Gasteiger partial charge is 0.344 e. The normalized spacial score (nSPS) is 29.1. The van der Waals surface area contributed by atoms with Gasteiger partial charge < -0.3 is 19.7 Å². The van der Waals surface area contributed by atoms with E-state index in [-0.39, 0.29) is 24.4 Å². The number of aliphatic hydroxyl groups excluding tert-OH is 1. The van der Waals surface area contributed by atoms with E-state index in [1.807, 2.05) is 12.1 Å². The highest BCUT2D eigenvalue weighted by Gasteiger charge is 2.40. The van der Waals surface area contributed by atoms with Gasteiger partial charge in [-0.1, -0.05) is 12.1 Å². The van der Waals surface area contributed by atoms with E-state index in [0.717, 1.165) is 44.3 Å². The first-order valence-electron chi connectivity index (χ1n) is 12.9. The molecular weight excluding hydrogens is 434 g/mol. The van der Waals surface area contributed by atoms with E-state index in [1.165, 1.54) is 24.0 Å². The molecule has 0 aromatic heterocycles. The van der Waals surface area contributed by atoms with Gasteiger partial charge in [0.25, 0.3) is 0 Å². The number of ether oxygens (including phenoxy) is 2. The molecule has 7 nitrogen and oxygen atoms in total. The lowest BCUT2D eigenvalue weighted by Gasteiger charge is -2.32. The van der Waals surface area contributed by atoms with Gasteiger partial charge in [-0.05, 0) is 112 Å². The molecule has 3 aliphatic carbocycles. The number of hydrogen-bond donors (Lipinski definition) is 3. The highest BCUT2D eigenvalue weighted by atomic mass is 16.6. The molecule has 0 heterocycles. The third kappa shape index (κ3) is 6.11. The number of carbonyl (C=O) groups excluding carboxylic acids is 1. The van der Waals surface area contributed by atoms with Crippen LogP contribution in [0.2, 0.25) is 0 Å². The highest BCUT2D eigenvalue weighted by molar-refractivity contribution is 5.71. The van der Waals surface area contributed by atoms with Gasteiger partial charge in [0, 0.05) is 0 Å². The van der Waals surface area contributed by atoms with Crippen molar-refractivity contribution in [3.63, 3.8) is 0 Å². The number of fused-ring (bicyclic) bond motifs is 2. The zero-order valence-electron chi connectivity index (χ0n) is 20.2. The Morgan fingerprint density at radius 2 is 1.91 bits per heavy atom. The summed E-state index contributed by atoms with van der Waals surface area (Å²) >= 11 is 0. The molecule has 7 heteroatoms. The first-order valence-corrected chi connectivity index (χ1v) is 12.9. The average molecular weight is 474 g/mol. The van der Waals surface area contributed by atoms with Crippen molar-refractivity contribution in [3.8, 4) is 5.75 Å². The molecule has 0 aliphatic heterocycles. The number of hydrogen-bond acceptors (Lipinski definition) is 6. The Morgan fingerprint density at radius 1 is 1.12 bits per heavy atom. The van der Waals surface area contributed by atoms with Crippen LogP contribution in [0.4, 0.5) is 0 Å². The molecule has 0 spiro atoms. The maximum atomic E-state index is 12.3. The molecular formula is C27H39NO6. The zero-order chi connectivity index (χ0) is 24.1. The Morgan fingerprint density at radius 3 is 2.65 bits per heavy atom. The Balaban J connectivity index is 1.26. The molecule has 0 bridgehead atoms. The number of carboxylic acids is 1. The first kappa shape index (κ1) is 25.0. The summed E-state index contributed by atoms with van der Waals surface area (Å²) in [5.74, 6) is 1.66. The molecule has 4 atom stereocenters. The van der Waals surface area contributed by atoms with E-state index < -0.39 is 12.2 Å². The number of nitrogens with one attached hydrogen (secondary N) is 1. The first-order chi connectivity index (χ1) is 16.4. The van der Waals surface area contributed by atoms with Crippen molar-refractivity contribution in [1.82, 2.24) is 5.32 Å². The van der Waals surface area contributed by atoms with Crippen LogP contribution in [0.5, 0.6) is 5.75 Å². The van der Waals surface area contributed by atoms with Gasteiger partial charge in [0.1, 0.15) is 12.0 Å². The zero-order valence-corrected chi connectivity index (χ0v) is 20.2. The second-order valence-electron chi connectivity index (χ2n) is 10.5. The van der Waals surface area contributed by atoms with E-state index in [4.69, 9.17) is 14.6 Å². The SMILES string of the molecule is CNC(O)CCC1CCC2Cc3c(cccc3OCC(=O)OCC3CCC(C(=O)O)CC3)CC12. The fourth-order valence-electron chi connectivity index (χ4n) is 6.35. The van der Waals surface area contributed by atoms with Crippen LogP contribution in [0.3, 0.4) is 0 Å². The van der Waals surface area contributed by atoms with Gasteiger partial charge in [-0.3, -0.25) is 10.1 Å². The number of carbonyl (C=O) groups is 2. The number of carboxylic acid groups (broad SMARTS) is 1. The third-order valence-corrected chi connectivity index (χ3v) is 8.44. The van der Waals surface area contributed by atoms with Gasteiger partial charge in [-0.25, -0.2) is 4.79 Å². The Kier molecular flexibility index (Phi) is 8.48. The summed E-state index contributed by atoms with van der Waals surface area (Å²) in [6.07, 6.45) is 8.78. The molecule has 34 heavy (non-hydrogen) atoms. The van der Waals surface area contributed by atoms with Crippen molar-refractivity contribution in [1.29, 1.82) is 0 Å². The van der Waals surface area contributed by atoms with Crippen molar-refractivity contribution in [3.05, 3.63) is 29.3 Å². The predicted octanol–water partition coefficient (Wildman–Crippen LogP) is 3.56. The Bertz CT molecular complexity index is 850. The summed E-state index contributed by atoms with van der Waals surface area (Å²) in [7, 11) is 1.79. The Hall–Kier alpha value is -2.12. The van der Waals surface area contributed by atoms with Crippen LogP contribution in [0.15, 0.2) is 18.2 Å². The molecule has 3 N–H and O–H groups in total. The summed E-state index contributed by atoms with van der Waals surface area (Å²) < 4.78 is 11.4. The van der Waals surface area contributed by atoms with Gasteiger partial charge >= 0.3 is 11.9 Å². The van der Waals surface area contributed by atoms with E-state index in [2.05, 4.69) is 11.4 Å². The third-order valence-electron chi connectivity index (χ3n) is 8.44. The summed E-state index contributed by atoms with van der Waals surface area (Å²) in [4.78, 5) is 23.4. The minimum absolute atomic E-state index is 0.0977. The van der Waals surface area contributed by atoms with Crippen molar-refractivity contribution >= 4 is 11.9 Å². The molecule has 3 aliphatic rings. The number of aliphatic hydroxyl groups is 1. The lowest BCUT2D eigenvalue weighted by atomic mass is 9.74. The van der Waals surface area contributed by atoms with Gasteiger partial charge in [0.2, 0.25) is 0 Å². The van der Waals surface area contributed by atoms with Crippen molar-refractivity contribution in [2.45, 2.75) is 70.4 Å². The van der Waals surface area contributed by atoms with Gasteiger partial charge in [-0.15, -0.1) is 0 Å². The predicted molar refractivity (Wildman–Crippen MR) is 127 cm³/mol. The maximum Gasteiger partial charge on any atom is 0.344 e. The summed E-state index contributed by atoms with van der Waals surface area (Å²) in [6.45, 7) is 0.244. The lowest BCUT2D eigenvalue weighted by molar-refractivity contribution is -0.149. The number of rotatable bonds is 10. The fourth-order valence-corrected chi connectivity index (χ4v) is 6.35. The molecule has 1 aromatic carbocycles. The van der Waals surface area contributed by atoms with Crippen LogP contribution >= 0.6 is 0 Å². The molecule has 4 rings (SSSR count). The van der Waals surface area contributed by atoms with Crippen molar-refractivity contribution in [2.24, 2.45) is 29.6 Å². The standard InChI is InChI=1S/C27H39NO6/c1-28-25(29)12-11-18-9-10-21-14-23-20(13-22(18)21)3-2-4-24(23)33-16-26(30)34-15-17-5-7-19(8-6-17)27(31)32/h2-4,17-19,21-22,25,28-29H,5-16H2,1H3,(H,31,32). The highest BCUT2D eigenvalue weighted by Crippen LogP contribution is 2.48. The molecule has 4 unspecified atom stereocenters. The number of aliphatic carboxylic acids is 1. The van der Waals surface area contributed by atoms with Gasteiger partial charge in [0.15, 0.2) is 6.61 Å². The molecule has 0 saturated heterocycles. The van der Waals surface area contributed by atoms with Crippen molar-refractivity contribution < 1.29 is 29.3 Å². The second-order valence-corrected chi connectivity index (χ2v) is 10.5. The fraction of sp³-hybridized carbons (Fsp3) is 0.704. The van der Waals surface area contributed by atoms with Crippen LogP contribution in [0.25, 0.3) is 0 Å².